The molecule has 0 amide bonds. The summed E-state index contributed by atoms with van der Waals surface area (Å²) >= 11 is 0. The molecule has 0 saturated heterocycles. The van der Waals surface area contributed by atoms with Crippen LogP contribution in [0, 0.1) is 0 Å². The molecule has 0 fully saturated rings. The van der Waals surface area contributed by atoms with E-state index in [2.05, 4.69) is 5.10 Å². The van der Waals surface area contributed by atoms with Crippen LogP contribution >= 0.6 is 0 Å². The number of aliphatic hydroxyl groups is 1. The third-order valence-electron chi connectivity index (χ3n) is 1.83. The molecule has 6 heteroatoms. The van der Waals surface area contributed by atoms with Gasteiger partial charge in [-0.3, -0.25) is 4.68 Å². The van der Waals surface area contributed by atoms with Crippen molar-refractivity contribution >= 4 is 9.84 Å². The monoisotopic (exact) mass is 218 g/mol. The van der Waals surface area contributed by atoms with Crippen LogP contribution in [0.25, 0.3) is 0 Å². The lowest BCUT2D eigenvalue weighted by molar-refractivity contribution is 0.280. The number of hydrogen-bond acceptors (Lipinski definition) is 4. The molecule has 0 aromatic carbocycles. The molecule has 1 rings (SSSR count). The van der Waals surface area contributed by atoms with Gasteiger partial charge < -0.3 is 5.11 Å². The fourth-order valence-electron chi connectivity index (χ4n) is 1.04. The van der Waals surface area contributed by atoms with Gasteiger partial charge in [0.2, 0.25) is 0 Å². The van der Waals surface area contributed by atoms with Gasteiger partial charge in [0.25, 0.3) is 0 Å². The van der Waals surface area contributed by atoms with Gasteiger partial charge in [-0.2, -0.15) is 5.10 Å². The highest BCUT2D eigenvalue weighted by Crippen LogP contribution is 2.06. The second kappa shape index (κ2) is 4.56. The van der Waals surface area contributed by atoms with E-state index in [1.54, 1.807) is 4.68 Å². The normalized spacial score (nSPS) is 11.9. The van der Waals surface area contributed by atoms with Gasteiger partial charge in [0.05, 0.1) is 6.20 Å². The van der Waals surface area contributed by atoms with Crippen LogP contribution in [0.15, 0.2) is 17.3 Å². The Bertz CT molecular complexity index is 383. The van der Waals surface area contributed by atoms with Gasteiger partial charge in [-0.1, -0.05) is 0 Å². The Hall–Kier alpha value is -0.880. The summed E-state index contributed by atoms with van der Waals surface area (Å²) in [4.78, 5) is 0.237. The van der Waals surface area contributed by atoms with Crippen LogP contribution in [0.4, 0.5) is 0 Å². The first kappa shape index (κ1) is 11.2. The minimum atomic E-state index is -3.15. The SMILES string of the molecule is CS(=O)(=O)c1cnn(CCCCO)c1. The number of aromatic nitrogens is 2. The van der Waals surface area contributed by atoms with E-state index >= 15 is 0 Å². The van der Waals surface area contributed by atoms with Crippen molar-refractivity contribution in [3.05, 3.63) is 12.4 Å². The zero-order chi connectivity index (χ0) is 10.6. The zero-order valence-electron chi connectivity index (χ0n) is 8.05. The van der Waals surface area contributed by atoms with Crippen molar-refractivity contribution in [2.24, 2.45) is 0 Å². The summed E-state index contributed by atoms with van der Waals surface area (Å²) in [5.41, 5.74) is 0. The largest absolute Gasteiger partial charge is 0.396 e. The predicted molar refractivity (Wildman–Crippen MR) is 51.7 cm³/mol. The Labute approximate surface area is 83.3 Å². The molecular weight excluding hydrogens is 204 g/mol. The van der Waals surface area contributed by atoms with Crippen molar-refractivity contribution in [3.63, 3.8) is 0 Å². The van der Waals surface area contributed by atoms with Crippen LogP contribution in [0.2, 0.25) is 0 Å². The fourth-order valence-corrected chi connectivity index (χ4v) is 1.60. The van der Waals surface area contributed by atoms with E-state index < -0.39 is 9.84 Å². The Kier molecular flexibility index (Phi) is 3.65. The van der Waals surface area contributed by atoms with Gasteiger partial charge in [0.1, 0.15) is 4.90 Å². The van der Waals surface area contributed by atoms with Crippen LogP contribution in [0.5, 0.6) is 0 Å². The summed E-state index contributed by atoms with van der Waals surface area (Å²) in [7, 11) is -3.15. The average molecular weight is 218 g/mol. The molecule has 1 aromatic heterocycles. The Morgan fingerprint density at radius 3 is 2.71 bits per heavy atom. The smallest absolute Gasteiger partial charge is 0.178 e. The molecule has 0 saturated carbocycles. The molecule has 0 unspecified atom stereocenters. The molecule has 0 radical (unpaired) electrons. The molecule has 1 N–H and O–H groups in total. The number of unbranched alkanes of at least 4 members (excludes halogenated alkanes) is 1. The van der Waals surface area contributed by atoms with E-state index in [1.165, 1.54) is 12.4 Å². The van der Waals surface area contributed by atoms with Crippen LogP contribution in [-0.2, 0) is 16.4 Å². The zero-order valence-corrected chi connectivity index (χ0v) is 8.87. The standard InChI is InChI=1S/C8H14N2O3S/c1-14(12,13)8-6-9-10(7-8)4-2-3-5-11/h6-7,11H,2-5H2,1H3. The van der Waals surface area contributed by atoms with Crippen molar-refractivity contribution in [1.82, 2.24) is 9.78 Å². The number of nitrogens with zero attached hydrogens (tertiary/aromatic N) is 2. The number of rotatable bonds is 5. The van der Waals surface area contributed by atoms with E-state index in [0.717, 1.165) is 12.7 Å². The first-order valence-corrected chi connectivity index (χ1v) is 6.26. The van der Waals surface area contributed by atoms with Crippen molar-refractivity contribution in [1.29, 1.82) is 0 Å². The number of hydrogen-bond donors (Lipinski definition) is 1. The third-order valence-corrected chi connectivity index (χ3v) is 2.90. The van der Waals surface area contributed by atoms with Crippen LogP contribution in [-0.4, -0.2) is 36.2 Å². The minimum absolute atomic E-state index is 0.153. The van der Waals surface area contributed by atoms with Gasteiger partial charge in [-0.15, -0.1) is 0 Å². The van der Waals surface area contributed by atoms with E-state index in [1.807, 2.05) is 0 Å². The summed E-state index contributed by atoms with van der Waals surface area (Å²) in [5, 5.41) is 12.5. The topological polar surface area (TPSA) is 72.2 Å². The van der Waals surface area contributed by atoms with Crippen molar-refractivity contribution in [3.8, 4) is 0 Å². The van der Waals surface area contributed by atoms with Crippen molar-refractivity contribution in [2.75, 3.05) is 12.9 Å². The van der Waals surface area contributed by atoms with Crippen molar-refractivity contribution in [2.45, 2.75) is 24.3 Å². The van der Waals surface area contributed by atoms with Gasteiger partial charge in [-0.05, 0) is 12.8 Å². The Balaban J connectivity index is 2.60. The van der Waals surface area contributed by atoms with Gasteiger partial charge in [-0.25, -0.2) is 8.42 Å². The van der Waals surface area contributed by atoms with Crippen LogP contribution in [0.1, 0.15) is 12.8 Å². The molecular formula is C8H14N2O3S. The predicted octanol–water partition coefficient (Wildman–Crippen LogP) is 0.0591. The molecule has 0 aliphatic heterocycles. The quantitative estimate of drug-likeness (QED) is 0.709. The maximum absolute atomic E-state index is 11.1. The Morgan fingerprint density at radius 1 is 1.50 bits per heavy atom. The maximum Gasteiger partial charge on any atom is 0.178 e. The molecule has 0 aliphatic carbocycles. The summed E-state index contributed by atoms with van der Waals surface area (Å²) in [5.74, 6) is 0. The summed E-state index contributed by atoms with van der Waals surface area (Å²) in [6.45, 7) is 0.788. The third kappa shape index (κ3) is 3.12. The van der Waals surface area contributed by atoms with Gasteiger partial charge in [0.15, 0.2) is 9.84 Å². The average Bonchev–Trinajstić information content (AvgIpc) is 2.52. The van der Waals surface area contributed by atoms with Gasteiger partial charge >= 0.3 is 0 Å². The lowest BCUT2D eigenvalue weighted by atomic mass is 10.3. The lowest BCUT2D eigenvalue weighted by Crippen LogP contribution is -1.99. The second-order valence-electron chi connectivity index (χ2n) is 3.14. The van der Waals surface area contributed by atoms with E-state index in [0.29, 0.717) is 13.0 Å². The molecule has 0 bridgehead atoms. The number of aryl methyl sites for hydroxylation is 1. The summed E-state index contributed by atoms with van der Waals surface area (Å²) in [6, 6.07) is 0. The molecule has 1 aromatic rings. The number of sulfone groups is 1. The molecule has 0 atom stereocenters. The highest BCUT2D eigenvalue weighted by Gasteiger charge is 2.09. The lowest BCUT2D eigenvalue weighted by Gasteiger charge is -1.98. The maximum atomic E-state index is 11.1. The van der Waals surface area contributed by atoms with Crippen LogP contribution < -0.4 is 0 Å². The first-order valence-electron chi connectivity index (χ1n) is 4.37. The van der Waals surface area contributed by atoms with Crippen molar-refractivity contribution < 1.29 is 13.5 Å². The highest BCUT2D eigenvalue weighted by atomic mass is 32.2. The summed E-state index contributed by atoms with van der Waals surface area (Å²) in [6.07, 6.45) is 5.50. The molecule has 14 heavy (non-hydrogen) atoms. The number of aliphatic hydroxyl groups excluding tert-OH is 1. The molecule has 5 nitrogen and oxygen atoms in total. The molecule has 1 heterocycles. The molecule has 0 aliphatic rings. The molecule has 0 spiro atoms. The van der Waals surface area contributed by atoms with E-state index in [4.69, 9.17) is 5.11 Å². The fraction of sp³-hybridized carbons (Fsp3) is 0.625. The van der Waals surface area contributed by atoms with Gasteiger partial charge in [0, 0.05) is 25.6 Å². The van der Waals surface area contributed by atoms with E-state index in [9.17, 15) is 8.42 Å². The summed E-state index contributed by atoms with van der Waals surface area (Å²) < 4.78 is 23.7. The Morgan fingerprint density at radius 2 is 2.21 bits per heavy atom. The van der Waals surface area contributed by atoms with E-state index in [-0.39, 0.29) is 11.5 Å². The highest BCUT2D eigenvalue weighted by molar-refractivity contribution is 7.90. The second-order valence-corrected chi connectivity index (χ2v) is 5.16. The molecule has 80 valence electrons. The van der Waals surface area contributed by atoms with Crippen LogP contribution in [0.3, 0.4) is 0 Å². The minimum Gasteiger partial charge on any atom is -0.396 e. The first-order chi connectivity index (χ1) is 6.54.